The van der Waals surface area contributed by atoms with E-state index in [1.165, 1.54) is 0 Å². The van der Waals surface area contributed by atoms with Crippen LogP contribution >= 0.6 is 11.6 Å². The lowest BCUT2D eigenvalue weighted by atomic mass is 10.1. The first-order valence-electron chi connectivity index (χ1n) is 6.34. The molecule has 0 aliphatic carbocycles. The van der Waals surface area contributed by atoms with Gasteiger partial charge >= 0.3 is 0 Å². The second-order valence-electron chi connectivity index (χ2n) is 4.83. The van der Waals surface area contributed by atoms with Gasteiger partial charge in [0.2, 0.25) is 0 Å². The number of nitrogens with two attached hydrogens (primary N) is 1. The highest BCUT2D eigenvalue weighted by Crippen LogP contribution is 2.32. The third-order valence-corrected chi connectivity index (χ3v) is 3.12. The number of halogens is 1. The van der Waals surface area contributed by atoms with Crippen molar-refractivity contribution in [3.05, 3.63) is 58.6 Å². The van der Waals surface area contributed by atoms with Crippen molar-refractivity contribution in [1.82, 2.24) is 0 Å². The molecule has 0 aliphatic rings. The fourth-order valence-electron chi connectivity index (χ4n) is 1.93. The summed E-state index contributed by atoms with van der Waals surface area (Å²) >= 11 is 6.19. The van der Waals surface area contributed by atoms with Crippen LogP contribution in [0.15, 0.2) is 42.5 Å². The van der Waals surface area contributed by atoms with Crippen molar-refractivity contribution < 1.29 is 4.74 Å². The van der Waals surface area contributed by atoms with E-state index in [1.807, 2.05) is 56.3 Å². The molecular formula is C16H18ClNO. The molecule has 2 N–H and O–H groups in total. The topological polar surface area (TPSA) is 35.2 Å². The van der Waals surface area contributed by atoms with Crippen molar-refractivity contribution >= 4 is 11.6 Å². The molecule has 0 aromatic heterocycles. The molecule has 0 aliphatic heterocycles. The summed E-state index contributed by atoms with van der Waals surface area (Å²) in [4.78, 5) is 0. The Hall–Kier alpha value is -1.51. The van der Waals surface area contributed by atoms with E-state index < -0.39 is 0 Å². The number of ether oxygens (including phenoxy) is 1. The summed E-state index contributed by atoms with van der Waals surface area (Å²) < 4.78 is 5.91. The molecule has 0 saturated heterocycles. The normalized spacial score (nSPS) is 12.2. The molecule has 19 heavy (non-hydrogen) atoms. The maximum Gasteiger partial charge on any atom is 0.146 e. The largest absolute Gasteiger partial charge is 0.456 e. The molecule has 0 saturated carbocycles. The van der Waals surface area contributed by atoms with Crippen LogP contribution in [0.5, 0.6) is 11.5 Å². The van der Waals surface area contributed by atoms with Crippen molar-refractivity contribution in [3.8, 4) is 11.5 Å². The highest BCUT2D eigenvalue weighted by molar-refractivity contribution is 6.32. The maximum atomic E-state index is 6.19. The minimum atomic E-state index is 0.0956. The Kier molecular flexibility index (Phi) is 4.46. The van der Waals surface area contributed by atoms with Gasteiger partial charge in [0.15, 0.2) is 0 Å². The second kappa shape index (κ2) is 6.09. The molecule has 2 aromatic rings. The van der Waals surface area contributed by atoms with Gasteiger partial charge in [0.05, 0.1) is 5.02 Å². The standard InChI is InChI=1S/C16H18ClNO/c1-11-7-8-16(14(17)9-11)19-15-6-4-3-5-13(15)10-12(2)18/h3-9,12H,10,18H2,1-2H3. The Bertz CT molecular complexity index is 566. The molecule has 0 radical (unpaired) electrons. The number of hydrogen-bond acceptors (Lipinski definition) is 2. The third-order valence-electron chi connectivity index (χ3n) is 2.82. The van der Waals surface area contributed by atoms with Crippen molar-refractivity contribution in [2.24, 2.45) is 5.73 Å². The molecule has 1 atom stereocenters. The van der Waals surface area contributed by atoms with Gasteiger partial charge in [-0.3, -0.25) is 0 Å². The Labute approximate surface area is 119 Å². The van der Waals surface area contributed by atoms with Gasteiger partial charge in [-0.05, 0) is 49.6 Å². The molecular weight excluding hydrogens is 258 g/mol. The molecule has 100 valence electrons. The van der Waals surface area contributed by atoms with Gasteiger partial charge < -0.3 is 10.5 Å². The smallest absolute Gasteiger partial charge is 0.146 e. The summed E-state index contributed by atoms with van der Waals surface area (Å²) in [6.07, 6.45) is 0.777. The van der Waals surface area contributed by atoms with Gasteiger partial charge in [-0.15, -0.1) is 0 Å². The predicted octanol–water partition coefficient (Wildman–Crippen LogP) is 4.33. The molecule has 0 amide bonds. The van der Waals surface area contributed by atoms with E-state index in [0.29, 0.717) is 10.8 Å². The van der Waals surface area contributed by atoms with Gasteiger partial charge in [-0.2, -0.15) is 0 Å². The summed E-state index contributed by atoms with van der Waals surface area (Å²) in [6, 6.07) is 13.8. The molecule has 0 bridgehead atoms. The van der Waals surface area contributed by atoms with E-state index in [2.05, 4.69) is 0 Å². The van der Waals surface area contributed by atoms with Gasteiger partial charge in [-0.1, -0.05) is 35.9 Å². The molecule has 0 heterocycles. The van der Waals surface area contributed by atoms with E-state index in [-0.39, 0.29) is 6.04 Å². The van der Waals surface area contributed by atoms with Crippen LogP contribution in [-0.2, 0) is 6.42 Å². The van der Waals surface area contributed by atoms with Crippen molar-refractivity contribution in [1.29, 1.82) is 0 Å². The van der Waals surface area contributed by atoms with Crippen molar-refractivity contribution in [3.63, 3.8) is 0 Å². The molecule has 0 fully saturated rings. The van der Waals surface area contributed by atoms with Crippen LogP contribution in [0.2, 0.25) is 5.02 Å². The van der Waals surface area contributed by atoms with Gasteiger partial charge in [-0.25, -0.2) is 0 Å². The van der Waals surface area contributed by atoms with Gasteiger partial charge in [0.25, 0.3) is 0 Å². The van der Waals surface area contributed by atoms with Crippen molar-refractivity contribution in [2.75, 3.05) is 0 Å². The summed E-state index contributed by atoms with van der Waals surface area (Å²) in [5, 5.41) is 0.621. The molecule has 1 unspecified atom stereocenters. The number of hydrogen-bond donors (Lipinski definition) is 1. The average Bonchev–Trinajstić information content (AvgIpc) is 2.34. The Morgan fingerprint density at radius 3 is 2.58 bits per heavy atom. The average molecular weight is 276 g/mol. The lowest BCUT2D eigenvalue weighted by Crippen LogP contribution is -2.18. The van der Waals surface area contributed by atoms with Gasteiger partial charge in [0, 0.05) is 6.04 Å². The third kappa shape index (κ3) is 3.72. The minimum Gasteiger partial charge on any atom is -0.456 e. The molecule has 2 aromatic carbocycles. The summed E-state index contributed by atoms with van der Waals surface area (Å²) in [7, 11) is 0. The lowest BCUT2D eigenvalue weighted by Gasteiger charge is -2.13. The van der Waals surface area contributed by atoms with Crippen LogP contribution in [0.25, 0.3) is 0 Å². The van der Waals surface area contributed by atoms with E-state index in [9.17, 15) is 0 Å². The minimum absolute atomic E-state index is 0.0956. The Morgan fingerprint density at radius 2 is 1.89 bits per heavy atom. The van der Waals surface area contributed by atoms with Crippen LogP contribution in [-0.4, -0.2) is 6.04 Å². The fraction of sp³-hybridized carbons (Fsp3) is 0.250. The Balaban J connectivity index is 2.27. The van der Waals surface area contributed by atoms with E-state index in [4.69, 9.17) is 22.1 Å². The highest BCUT2D eigenvalue weighted by Gasteiger charge is 2.08. The summed E-state index contributed by atoms with van der Waals surface area (Å²) in [6.45, 7) is 3.98. The van der Waals surface area contributed by atoms with Crippen LogP contribution in [0, 0.1) is 6.92 Å². The monoisotopic (exact) mass is 275 g/mol. The number of para-hydroxylation sites is 1. The summed E-state index contributed by atoms with van der Waals surface area (Å²) in [5.41, 5.74) is 8.06. The maximum absolute atomic E-state index is 6.19. The zero-order valence-electron chi connectivity index (χ0n) is 11.2. The highest BCUT2D eigenvalue weighted by atomic mass is 35.5. The van der Waals surface area contributed by atoms with E-state index >= 15 is 0 Å². The SMILES string of the molecule is Cc1ccc(Oc2ccccc2CC(C)N)c(Cl)c1. The van der Waals surface area contributed by atoms with Crippen LogP contribution in [0.4, 0.5) is 0 Å². The van der Waals surface area contributed by atoms with Crippen LogP contribution in [0.1, 0.15) is 18.1 Å². The van der Waals surface area contributed by atoms with Gasteiger partial charge in [0.1, 0.15) is 11.5 Å². The lowest BCUT2D eigenvalue weighted by molar-refractivity contribution is 0.474. The zero-order chi connectivity index (χ0) is 13.8. The molecule has 3 heteroatoms. The van der Waals surface area contributed by atoms with Crippen LogP contribution in [0.3, 0.4) is 0 Å². The zero-order valence-corrected chi connectivity index (χ0v) is 11.9. The van der Waals surface area contributed by atoms with E-state index in [0.717, 1.165) is 23.3 Å². The first-order chi connectivity index (χ1) is 9.06. The first-order valence-corrected chi connectivity index (χ1v) is 6.71. The number of aryl methyl sites for hydroxylation is 1. The first kappa shape index (κ1) is 13.9. The van der Waals surface area contributed by atoms with Crippen LogP contribution < -0.4 is 10.5 Å². The number of rotatable bonds is 4. The second-order valence-corrected chi connectivity index (χ2v) is 5.23. The fourth-order valence-corrected chi connectivity index (χ4v) is 2.20. The van der Waals surface area contributed by atoms with Crippen molar-refractivity contribution in [2.45, 2.75) is 26.3 Å². The number of benzene rings is 2. The molecule has 2 rings (SSSR count). The van der Waals surface area contributed by atoms with E-state index in [1.54, 1.807) is 0 Å². The summed E-state index contributed by atoms with van der Waals surface area (Å²) in [5.74, 6) is 1.48. The molecule has 0 spiro atoms. The Morgan fingerprint density at radius 1 is 1.16 bits per heavy atom. The molecule has 2 nitrogen and oxygen atoms in total. The quantitative estimate of drug-likeness (QED) is 0.901. The predicted molar refractivity (Wildman–Crippen MR) is 80.1 cm³/mol.